The molecule has 39 heavy (non-hydrogen) atoms. The van der Waals surface area contributed by atoms with Crippen molar-refractivity contribution < 1.29 is 37.1 Å². The molecule has 4 rings (SSSR count). The summed E-state index contributed by atoms with van der Waals surface area (Å²) < 4.78 is 42.6. The number of alkyl halides is 3. The number of carbonyl (C=O) groups excluding carboxylic acids is 4. The van der Waals surface area contributed by atoms with Crippen LogP contribution in [-0.2, 0) is 9.59 Å². The van der Waals surface area contributed by atoms with Crippen LogP contribution in [0.25, 0.3) is 0 Å². The van der Waals surface area contributed by atoms with Gasteiger partial charge < -0.3 is 19.9 Å². The smallest absolute Gasteiger partial charge is 0.471 e. The summed E-state index contributed by atoms with van der Waals surface area (Å²) >= 11 is 1.35. The number of nitrogens with zero attached hydrogens (tertiary/aromatic N) is 3. The van der Waals surface area contributed by atoms with Gasteiger partial charge in [0.2, 0.25) is 5.91 Å². The highest BCUT2D eigenvalue weighted by Gasteiger charge is 2.41. The van der Waals surface area contributed by atoms with E-state index in [4.69, 9.17) is 4.74 Å². The van der Waals surface area contributed by atoms with Crippen LogP contribution in [0.5, 0.6) is 5.75 Å². The number of methoxy groups -OCH3 is 1. The molecular weight excluding hydrogens is 537 g/mol. The van der Waals surface area contributed by atoms with Gasteiger partial charge in [0.25, 0.3) is 5.91 Å². The zero-order chi connectivity index (χ0) is 28.2. The third-order valence-electron chi connectivity index (χ3n) is 6.98. The number of hydrogen-bond donors (Lipinski definition) is 1. The van der Waals surface area contributed by atoms with Gasteiger partial charge >= 0.3 is 12.1 Å². The summed E-state index contributed by atoms with van der Waals surface area (Å²) in [7, 11) is 1.55. The summed E-state index contributed by atoms with van der Waals surface area (Å²) in [6, 6.07) is 6.01. The van der Waals surface area contributed by atoms with Crippen molar-refractivity contribution in [1.82, 2.24) is 20.1 Å². The quantitative estimate of drug-likeness (QED) is 0.491. The Bertz CT molecular complexity index is 1210. The van der Waals surface area contributed by atoms with Crippen LogP contribution < -0.4 is 10.1 Å². The average Bonchev–Trinajstić information content (AvgIpc) is 3.61. The molecule has 1 aromatic carbocycles. The van der Waals surface area contributed by atoms with Gasteiger partial charge in [-0.2, -0.15) is 13.2 Å². The zero-order valence-corrected chi connectivity index (χ0v) is 22.1. The molecule has 2 aliphatic rings. The predicted molar refractivity (Wildman–Crippen MR) is 136 cm³/mol. The Labute approximate surface area is 227 Å². The Morgan fingerprint density at radius 1 is 1.03 bits per heavy atom. The van der Waals surface area contributed by atoms with Crippen molar-refractivity contribution in [2.75, 3.05) is 33.3 Å². The number of likely N-dealkylation sites (tertiary alicyclic amines) is 2. The van der Waals surface area contributed by atoms with Crippen molar-refractivity contribution in [3.05, 3.63) is 45.9 Å². The number of thiazole rings is 1. The fourth-order valence-corrected chi connectivity index (χ4v) is 5.71. The van der Waals surface area contributed by atoms with Gasteiger partial charge in [0.1, 0.15) is 11.4 Å². The highest BCUT2D eigenvalue weighted by Crippen LogP contribution is 2.31. The third-order valence-corrected chi connectivity index (χ3v) is 7.99. The molecule has 1 N–H and O–H groups in total. The molecule has 2 saturated heterocycles. The SMILES string of the molecule is COc1ccc(C(=O)CCC(=O)N2CCC(c3nc(C(=O)N4CCC(NC(=O)C(F)(F)F)C4)cs3)CC2)cc1. The van der Waals surface area contributed by atoms with Crippen molar-refractivity contribution in [3.8, 4) is 5.75 Å². The largest absolute Gasteiger partial charge is 0.497 e. The van der Waals surface area contributed by atoms with E-state index < -0.39 is 18.1 Å². The van der Waals surface area contributed by atoms with Gasteiger partial charge in [0.05, 0.1) is 12.1 Å². The molecule has 13 heteroatoms. The number of amides is 3. The van der Waals surface area contributed by atoms with Crippen LogP contribution in [0.3, 0.4) is 0 Å². The van der Waals surface area contributed by atoms with Crippen molar-refractivity contribution in [2.24, 2.45) is 0 Å². The number of halogens is 3. The van der Waals surface area contributed by atoms with E-state index in [1.54, 1.807) is 41.7 Å². The molecule has 210 valence electrons. The summed E-state index contributed by atoms with van der Waals surface area (Å²) in [4.78, 5) is 56.7. The van der Waals surface area contributed by atoms with Crippen molar-refractivity contribution in [1.29, 1.82) is 0 Å². The molecule has 0 saturated carbocycles. The zero-order valence-electron chi connectivity index (χ0n) is 21.3. The summed E-state index contributed by atoms with van der Waals surface area (Å²) in [6.45, 7) is 1.27. The molecule has 0 spiro atoms. The van der Waals surface area contributed by atoms with Crippen LogP contribution in [-0.4, -0.2) is 83.8 Å². The molecule has 3 amide bonds. The van der Waals surface area contributed by atoms with Crippen LogP contribution in [0.1, 0.15) is 63.9 Å². The minimum Gasteiger partial charge on any atom is -0.497 e. The van der Waals surface area contributed by atoms with E-state index in [-0.39, 0.29) is 61.6 Å². The maximum Gasteiger partial charge on any atom is 0.471 e. The number of piperidine rings is 1. The summed E-state index contributed by atoms with van der Waals surface area (Å²) in [5, 5.41) is 4.34. The average molecular weight is 567 g/mol. The lowest BCUT2D eigenvalue weighted by atomic mass is 9.97. The molecule has 2 fully saturated rings. The Morgan fingerprint density at radius 3 is 2.33 bits per heavy atom. The number of Topliss-reactive ketones (excluding diaryl/α,β-unsaturated/α-hetero) is 1. The lowest BCUT2D eigenvalue weighted by Gasteiger charge is -2.31. The normalized spacial score (nSPS) is 18.2. The lowest BCUT2D eigenvalue weighted by molar-refractivity contribution is -0.174. The topological polar surface area (TPSA) is 109 Å². The van der Waals surface area contributed by atoms with E-state index in [9.17, 15) is 32.3 Å². The molecule has 2 aliphatic heterocycles. The molecule has 9 nitrogen and oxygen atoms in total. The fourth-order valence-electron chi connectivity index (χ4n) is 4.74. The van der Waals surface area contributed by atoms with Crippen molar-refractivity contribution >= 4 is 34.8 Å². The highest BCUT2D eigenvalue weighted by atomic mass is 32.1. The van der Waals surface area contributed by atoms with Crippen LogP contribution in [0, 0.1) is 0 Å². The Balaban J connectivity index is 1.22. The first kappa shape index (κ1) is 28.5. The van der Waals surface area contributed by atoms with Crippen LogP contribution in [0.15, 0.2) is 29.6 Å². The van der Waals surface area contributed by atoms with E-state index in [1.807, 2.05) is 5.32 Å². The Morgan fingerprint density at radius 2 is 1.69 bits per heavy atom. The standard InChI is InChI=1S/C26H29F3N4O5S/c1-38-19-4-2-16(3-5-19)21(34)6-7-22(35)32-11-8-17(9-12-32)23-31-20(15-39-23)24(36)33-13-10-18(14-33)30-25(37)26(27,28)29/h2-5,15,17-18H,6-14H2,1H3,(H,30,37). The molecular formula is C26H29F3N4O5S. The fraction of sp³-hybridized carbons (Fsp3) is 0.500. The number of aromatic nitrogens is 1. The first-order valence-electron chi connectivity index (χ1n) is 12.6. The first-order valence-corrected chi connectivity index (χ1v) is 13.5. The maximum atomic E-state index is 12.8. The second kappa shape index (κ2) is 12.1. The molecule has 1 unspecified atom stereocenters. The highest BCUT2D eigenvalue weighted by molar-refractivity contribution is 7.09. The van der Waals surface area contributed by atoms with Gasteiger partial charge in [-0.25, -0.2) is 4.98 Å². The minimum atomic E-state index is -4.96. The van der Waals surface area contributed by atoms with E-state index in [1.165, 1.54) is 16.2 Å². The number of hydrogen-bond acceptors (Lipinski definition) is 7. The van der Waals surface area contributed by atoms with Crippen LogP contribution in [0.4, 0.5) is 13.2 Å². The molecule has 0 radical (unpaired) electrons. The van der Waals surface area contributed by atoms with Crippen molar-refractivity contribution in [3.63, 3.8) is 0 Å². The molecule has 1 aromatic heterocycles. The molecule has 0 aliphatic carbocycles. The molecule has 3 heterocycles. The van der Waals surface area contributed by atoms with Gasteiger partial charge in [-0.15, -0.1) is 11.3 Å². The summed E-state index contributed by atoms with van der Waals surface area (Å²) in [6.07, 6.45) is -3.12. The van der Waals surface area contributed by atoms with Gasteiger partial charge in [0, 0.05) is 61.9 Å². The molecule has 0 bridgehead atoms. The number of ketones is 1. The number of carbonyl (C=O) groups is 4. The Hall–Kier alpha value is -3.48. The minimum absolute atomic E-state index is 0.00498. The van der Waals surface area contributed by atoms with E-state index in [2.05, 4.69) is 4.98 Å². The summed E-state index contributed by atoms with van der Waals surface area (Å²) in [5.74, 6) is -1.83. The van der Waals surface area contributed by atoms with E-state index >= 15 is 0 Å². The number of rotatable bonds is 8. The second-order valence-electron chi connectivity index (χ2n) is 9.59. The molecule has 2 aromatic rings. The van der Waals surface area contributed by atoms with Gasteiger partial charge in [0.15, 0.2) is 5.78 Å². The third kappa shape index (κ3) is 7.14. The van der Waals surface area contributed by atoms with Gasteiger partial charge in [-0.05, 0) is 43.5 Å². The lowest BCUT2D eigenvalue weighted by Crippen LogP contribution is -2.44. The molecule has 1 atom stereocenters. The van der Waals surface area contributed by atoms with Gasteiger partial charge in [-0.3, -0.25) is 19.2 Å². The van der Waals surface area contributed by atoms with E-state index in [0.717, 1.165) is 5.01 Å². The second-order valence-corrected chi connectivity index (χ2v) is 10.5. The number of ether oxygens (including phenoxy) is 1. The predicted octanol–water partition coefficient (Wildman–Crippen LogP) is 3.41. The van der Waals surface area contributed by atoms with Crippen LogP contribution >= 0.6 is 11.3 Å². The van der Waals surface area contributed by atoms with E-state index in [0.29, 0.717) is 37.2 Å². The Kier molecular flexibility index (Phi) is 8.88. The number of nitrogens with one attached hydrogen (secondary N) is 1. The summed E-state index contributed by atoms with van der Waals surface area (Å²) in [5.41, 5.74) is 0.764. The van der Waals surface area contributed by atoms with Gasteiger partial charge in [-0.1, -0.05) is 0 Å². The maximum absolute atomic E-state index is 12.8. The first-order chi connectivity index (χ1) is 18.5. The monoisotopic (exact) mass is 566 g/mol. The number of benzene rings is 1. The van der Waals surface area contributed by atoms with Crippen LogP contribution in [0.2, 0.25) is 0 Å². The van der Waals surface area contributed by atoms with Crippen molar-refractivity contribution in [2.45, 2.75) is 50.2 Å².